The summed E-state index contributed by atoms with van der Waals surface area (Å²) in [6.45, 7) is 2.42. The van der Waals surface area contributed by atoms with Crippen molar-refractivity contribution in [2.45, 2.75) is 32.2 Å². The number of nitrogens with one attached hydrogen (secondary N) is 1. The van der Waals surface area contributed by atoms with Crippen LogP contribution in [0.25, 0.3) is 5.69 Å². The second kappa shape index (κ2) is 7.91. The molecule has 1 fully saturated rings. The van der Waals surface area contributed by atoms with Crippen LogP contribution in [0.4, 0.5) is 0 Å². The SMILES string of the molecule is COC(=O)c1ccc(CNC(=O)c2cnn(-c3ccccc3C)c2C2CC2)cc1. The molecule has 6 nitrogen and oxygen atoms in total. The van der Waals surface area contributed by atoms with E-state index < -0.39 is 0 Å². The Morgan fingerprint density at radius 2 is 1.86 bits per heavy atom. The number of ether oxygens (including phenoxy) is 1. The number of carbonyl (C=O) groups is 2. The van der Waals surface area contributed by atoms with Crippen LogP contribution in [0.15, 0.2) is 54.7 Å². The van der Waals surface area contributed by atoms with E-state index in [0.29, 0.717) is 23.6 Å². The molecule has 1 heterocycles. The number of rotatable bonds is 6. The molecular weight excluding hydrogens is 366 g/mol. The van der Waals surface area contributed by atoms with Crippen molar-refractivity contribution in [1.82, 2.24) is 15.1 Å². The molecule has 6 heteroatoms. The molecule has 0 spiro atoms. The molecule has 1 amide bonds. The van der Waals surface area contributed by atoms with Gasteiger partial charge in [-0.15, -0.1) is 0 Å². The predicted molar refractivity (Wildman–Crippen MR) is 109 cm³/mol. The Labute approximate surface area is 169 Å². The van der Waals surface area contributed by atoms with Crippen molar-refractivity contribution in [1.29, 1.82) is 0 Å². The van der Waals surface area contributed by atoms with E-state index >= 15 is 0 Å². The lowest BCUT2D eigenvalue weighted by Gasteiger charge is -2.11. The molecule has 0 bridgehead atoms. The van der Waals surface area contributed by atoms with Crippen molar-refractivity contribution in [3.8, 4) is 5.69 Å². The van der Waals surface area contributed by atoms with Crippen LogP contribution in [0.5, 0.6) is 0 Å². The number of methoxy groups -OCH3 is 1. The molecule has 4 rings (SSSR count). The summed E-state index contributed by atoms with van der Waals surface area (Å²) in [5, 5.41) is 7.50. The van der Waals surface area contributed by atoms with Crippen LogP contribution in [0.3, 0.4) is 0 Å². The summed E-state index contributed by atoms with van der Waals surface area (Å²) in [5.41, 5.74) is 5.13. The molecule has 0 radical (unpaired) electrons. The van der Waals surface area contributed by atoms with Gasteiger partial charge < -0.3 is 10.1 Å². The summed E-state index contributed by atoms with van der Waals surface area (Å²) in [6.07, 6.45) is 3.81. The molecule has 29 heavy (non-hydrogen) atoms. The third-order valence-corrected chi connectivity index (χ3v) is 5.19. The predicted octanol–water partition coefficient (Wildman–Crippen LogP) is 3.77. The molecule has 0 atom stereocenters. The highest BCUT2D eigenvalue weighted by atomic mass is 16.5. The monoisotopic (exact) mass is 389 g/mol. The zero-order chi connectivity index (χ0) is 20.4. The summed E-state index contributed by atoms with van der Waals surface area (Å²) in [4.78, 5) is 24.4. The first-order valence-electron chi connectivity index (χ1n) is 9.68. The molecule has 0 aliphatic heterocycles. The molecule has 1 saturated carbocycles. The fourth-order valence-corrected chi connectivity index (χ4v) is 3.43. The van der Waals surface area contributed by atoms with Crippen LogP contribution in [0.1, 0.15) is 56.3 Å². The standard InChI is InChI=1S/C23H23N3O3/c1-15-5-3-4-6-20(15)26-21(17-11-12-17)19(14-25-26)22(27)24-13-16-7-9-18(10-8-16)23(28)29-2/h3-10,14,17H,11-13H2,1-2H3,(H,24,27). The molecule has 1 aliphatic carbocycles. The van der Waals surface area contributed by atoms with Gasteiger partial charge in [0.05, 0.1) is 35.8 Å². The molecule has 3 aromatic rings. The van der Waals surface area contributed by atoms with Gasteiger partial charge in [0.25, 0.3) is 5.91 Å². The maximum Gasteiger partial charge on any atom is 0.337 e. The van der Waals surface area contributed by atoms with Crippen molar-refractivity contribution >= 4 is 11.9 Å². The average molecular weight is 389 g/mol. The number of esters is 1. The maximum atomic E-state index is 12.9. The summed E-state index contributed by atoms with van der Waals surface area (Å²) in [5.74, 6) is -0.140. The largest absolute Gasteiger partial charge is 0.465 e. The quantitative estimate of drug-likeness (QED) is 0.651. The highest BCUT2D eigenvalue weighted by Gasteiger charge is 2.33. The molecule has 148 valence electrons. The van der Waals surface area contributed by atoms with Crippen molar-refractivity contribution in [2.75, 3.05) is 7.11 Å². The van der Waals surface area contributed by atoms with Gasteiger partial charge >= 0.3 is 5.97 Å². The Hall–Kier alpha value is -3.41. The fraction of sp³-hybridized carbons (Fsp3) is 0.261. The van der Waals surface area contributed by atoms with Crippen LogP contribution < -0.4 is 5.32 Å². The third-order valence-electron chi connectivity index (χ3n) is 5.19. The lowest BCUT2D eigenvalue weighted by atomic mass is 10.1. The Kier molecular flexibility index (Phi) is 5.16. The molecule has 1 aliphatic rings. The number of nitrogens with zero attached hydrogens (tertiary/aromatic N) is 2. The van der Waals surface area contributed by atoms with Crippen molar-refractivity contribution in [3.05, 3.63) is 82.7 Å². The number of amides is 1. The Balaban J connectivity index is 1.52. The van der Waals surface area contributed by atoms with E-state index in [0.717, 1.165) is 35.3 Å². The second-order valence-corrected chi connectivity index (χ2v) is 7.29. The first kappa shape index (κ1) is 18.9. The first-order chi connectivity index (χ1) is 14.1. The van der Waals surface area contributed by atoms with Crippen LogP contribution in [0.2, 0.25) is 0 Å². The second-order valence-electron chi connectivity index (χ2n) is 7.29. The number of carbonyl (C=O) groups excluding carboxylic acids is 2. The lowest BCUT2D eigenvalue weighted by molar-refractivity contribution is 0.0600. The van der Waals surface area contributed by atoms with Gasteiger partial charge in [-0.25, -0.2) is 9.48 Å². The number of hydrogen-bond acceptors (Lipinski definition) is 4. The van der Waals surface area contributed by atoms with Gasteiger partial charge in [0.1, 0.15) is 0 Å². The highest BCUT2D eigenvalue weighted by molar-refractivity contribution is 5.95. The topological polar surface area (TPSA) is 73.2 Å². The number of aryl methyl sites for hydroxylation is 1. The van der Waals surface area contributed by atoms with Gasteiger partial charge in [0.2, 0.25) is 0 Å². The minimum Gasteiger partial charge on any atom is -0.465 e. The van der Waals surface area contributed by atoms with Gasteiger partial charge in [0.15, 0.2) is 0 Å². The summed E-state index contributed by atoms with van der Waals surface area (Å²) >= 11 is 0. The van der Waals surface area contributed by atoms with Crippen LogP contribution >= 0.6 is 0 Å². The molecule has 2 aromatic carbocycles. The molecule has 0 saturated heterocycles. The van der Waals surface area contributed by atoms with E-state index in [9.17, 15) is 9.59 Å². The van der Waals surface area contributed by atoms with E-state index in [1.807, 2.05) is 48.0 Å². The zero-order valence-electron chi connectivity index (χ0n) is 16.5. The van der Waals surface area contributed by atoms with Gasteiger partial charge in [-0.3, -0.25) is 4.79 Å². The number of aromatic nitrogens is 2. The average Bonchev–Trinajstić information content (AvgIpc) is 3.50. The summed E-state index contributed by atoms with van der Waals surface area (Å²) in [6, 6.07) is 15.1. The molecule has 0 unspecified atom stereocenters. The smallest absolute Gasteiger partial charge is 0.337 e. The molecule has 1 aromatic heterocycles. The minimum absolute atomic E-state index is 0.135. The number of para-hydroxylation sites is 1. The van der Waals surface area contributed by atoms with E-state index in [1.165, 1.54) is 7.11 Å². The van der Waals surface area contributed by atoms with E-state index in [-0.39, 0.29) is 11.9 Å². The van der Waals surface area contributed by atoms with Gasteiger partial charge in [0, 0.05) is 12.5 Å². The van der Waals surface area contributed by atoms with Crippen molar-refractivity contribution in [2.24, 2.45) is 0 Å². The summed E-state index contributed by atoms with van der Waals surface area (Å²) in [7, 11) is 1.35. The zero-order valence-corrected chi connectivity index (χ0v) is 16.5. The lowest BCUT2D eigenvalue weighted by Crippen LogP contribution is -2.23. The summed E-state index contributed by atoms with van der Waals surface area (Å²) < 4.78 is 6.61. The number of benzene rings is 2. The third kappa shape index (κ3) is 3.92. The minimum atomic E-state index is -0.377. The van der Waals surface area contributed by atoms with Gasteiger partial charge in [-0.1, -0.05) is 30.3 Å². The van der Waals surface area contributed by atoms with Gasteiger partial charge in [-0.05, 0) is 49.1 Å². The maximum absolute atomic E-state index is 12.9. The number of hydrogen-bond donors (Lipinski definition) is 1. The Bertz CT molecular complexity index is 1050. The van der Waals surface area contributed by atoms with Gasteiger partial charge in [-0.2, -0.15) is 5.10 Å². The van der Waals surface area contributed by atoms with Crippen LogP contribution in [-0.2, 0) is 11.3 Å². The molecule has 1 N–H and O–H groups in total. The van der Waals surface area contributed by atoms with Crippen LogP contribution in [-0.4, -0.2) is 28.8 Å². The normalized spacial score (nSPS) is 13.2. The van der Waals surface area contributed by atoms with Crippen molar-refractivity contribution in [3.63, 3.8) is 0 Å². The van der Waals surface area contributed by atoms with Crippen molar-refractivity contribution < 1.29 is 14.3 Å². The van der Waals surface area contributed by atoms with Crippen LogP contribution in [0, 0.1) is 6.92 Å². The van der Waals surface area contributed by atoms with E-state index in [4.69, 9.17) is 4.74 Å². The van der Waals surface area contributed by atoms with E-state index in [2.05, 4.69) is 10.4 Å². The Morgan fingerprint density at radius 1 is 1.14 bits per heavy atom. The van der Waals surface area contributed by atoms with E-state index in [1.54, 1.807) is 18.3 Å². The highest BCUT2D eigenvalue weighted by Crippen LogP contribution is 2.42. The fourth-order valence-electron chi connectivity index (χ4n) is 3.43. The Morgan fingerprint density at radius 3 is 2.52 bits per heavy atom. The first-order valence-corrected chi connectivity index (χ1v) is 9.68. The molecular formula is C23H23N3O3.